The van der Waals surface area contributed by atoms with Crippen LogP contribution in [0.25, 0.3) is 0 Å². The molecule has 24 heavy (non-hydrogen) atoms. The van der Waals surface area contributed by atoms with E-state index in [-0.39, 0.29) is 5.91 Å². The van der Waals surface area contributed by atoms with Crippen molar-refractivity contribution in [1.29, 1.82) is 0 Å². The average Bonchev–Trinajstić information content (AvgIpc) is 2.61. The van der Waals surface area contributed by atoms with Gasteiger partial charge in [0.1, 0.15) is 6.61 Å². The summed E-state index contributed by atoms with van der Waals surface area (Å²) >= 11 is 6.28. The van der Waals surface area contributed by atoms with E-state index in [2.05, 4.69) is 5.32 Å². The Morgan fingerprint density at radius 2 is 1.92 bits per heavy atom. The molecule has 0 aliphatic carbocycles. The fourth-order valence-corrected chi connectivity index (χ4v) is 2.35. The molecular formula is C18H20ClNO4. The molecule has 1 N–H and O–H groups in total. The number of amides is 1. The molecule has 0 radical (unpaired) electrons. The van der Waals surface area contributed by atoms with Crippen molar-refractivity contribution >= 4 is 17.5 Å². The summed E-state index contributed by atoms with van der Waals surface area (Å²) in [4.78, 5) is 12.1. The number of hydrogen-bond acceptors (Lipinski definition) is 4. The summed E-state index contributed by atoms with van der Waals surface area (Å²) in [6.45, 7) is 1.21. The molecule has 0 saturated heterocycles. The number of hydrogen-bond donors (Lipinski definition) is 1. The number of rotatable bonds is 8. The Kier molecular flexibility index (Phi) is 6.90. The lowest BCUT2D eigenvalue weighted by atomic mass is 10.2. The highest BCUT2D eigenvalue weighted by atomic mass is 35.5. The molecular weight excluding hydrogens is 330 g/mol. The van der Waals surface area contributed by atoms with Gasteiger partial charge in [0.25, 0.3) is 5.91 Å². The first-order chi connectivity index (χ1) is 11.7. The molecule has 0 fully saturated rings. The van der Waals surface area contributed by atoms with Crippen LogP contribution in [0, 0.1) is 0 Å². The van der Waals surface area contributed by atoms with Gasteiger partial charge in [0, 0.05) is 19.2 Å². The molecule has 2 aromatic carbocycles. The van der Waals surface area contributed by atoms with Crippen LogP contribution in [0.2, 0.25) is 5.02 Å². The maximum atomic E-state index is 12.1. The van der Waals surface area contributed by atoms with Crippen LogP contribution in [0.15, 0.2) is 42.5 Å². The minimum Gasteiger partial charge on any atom is -0.493 e. The minimum atomic E-state index is -0.248. The van der Waals surface area contributed by atoms with E-state index in [1.54, 1.807) is 19.2 Å². The summed E-state index contributed by atoms with van der Waals surface area (Å²) in [6, 6.07) is 12.9. The number of benzene rings is 2. The first-order valence-corrected chi connectivity index (χ1v) is 7.85. The maximum Gasteiger partial charge on any atom is 0.251 e. The van der Waals surface area contributed by atoms with Gasteiger partial charge in [0.15, 0.2) is 11.5 Å². The molecule has 0 aromatic heterocycles. The normalized spacial score (nSPS) is 10.3. The van der Waals surface area contributed by atoms with Gasteiger partial charge in [0.2, 0.25) is 0 Å². The largest absolute Gasteiger partial charge is 0.493 e. The van der Waals surface area contributed by atoms with Crippen LogP contribution < -0.4 is 14.8 Å². The monoisotopic (exact) mass is 349 g/mol. The Balaban J connectivity index is 2.13. The Morgan fingerprint density at radius 1 is 1.17 bits per heavy atom. The van der Waals surface area contributed by atoms with Crippen LogP contribution in [0.5, 0.6) is 11.5 Å². The van der Waals surface area contributed by atoms with Gasteiger partial charge in [-0.2, -0.15) is 0 Å². The smallest absolute Gasteiger partial charge is 0.251 e. The second-order valence-electron chi connectivity index (χ2n) is 5.01. The van der Waals surface area contributed by atoms with Crippen molar-refractivity contribution in [3.8, 4) is 11.5 Å². The highest BCUT2D eigenvalue weighted by Gasteiger charge is 2.16. The molecule has 0 saturated carbocycles. The first-order valence-electron chi connectivity index (χ1n) is 7.47. The van der Waals surface area contributed by atoms with E-state index in [1.807, 2.05) is 30.3 Å². The molecule has 0 spiro atoms. The topological polar surface area (TPSA) is 56.8 Å². The minimum absolute atomic E-state index is 0.248. The van der Waals surface area contributed by atoms with E-state index in [0.717, 1.165) is 5.56 Å². The van der Waals surface area contributed by atoms with E-state index in [0.29, 0.717) is 41.8 Å². The highest BCUT2D eigenvalue weighted by molar-refractivity contribution is 6.32. The SMILES string of the molecule is COCCNC(=O)c1cc(Cl)c(OCc2ccccc2)c(OC)c1. The summed E-state index contributed by atoms with van der Waals surface area (Å²) in [6.07, 6.45) is 0. The van der Waals surface area contributed by atoms with Crippen LogP contribution in [0.3, 0.4) is 0 Å². The zero-order chi connectivity index (χ0) is 17.4. The third-order valence-corrected chi connectivity index (χ3v) is 3.59. The highest BCUT2D eigenvalue weighted by Crippen LogP contribution is 2.37. The summed E-state index contributed by atoms with van der Waals surface area (Å²) < 4.78 is 16.0. The summed E-state index contributed by atoms with van der Waals surface area (Å²) in [5.41, 5.74) is 1.41. The quantitative estimate of drug-likeness (QED) is 0.743. The molecule has 1 amide bonds. The maximum absolute atomic E-state index is 12.1. The van der Waals surface area contributed by atoms with Crippen LogP contribution >= 0.6 is 11.6 Å². The van der Waals surface area contributed by atoms with Crippen molar-refractivity contribution in [3.63, 3.8) is 0 Å². The van der Waals surface area contributed by atoms with E-state index in [9.17, 15) is 4.79 Å². The molecule has 0 aliphatic rings. The van der Waals surface area contributed by atoms with Crippen LogP contribution in [-0.4, -0.2) is 33.3 Å². The third kappa shape index (κ3) is 4.88. The fourth-order valence-electron chi connectivity index (χ4n) is 2.09. The fraction of sp³-hybridized carbons (Fsp3) is 0.278. The molecule has 0 unspecified atom stereocenters. The van der Waals surface area contributed by atoms with Crippen molar-refractivity contribution in [2.45, 2.75) is 6.61 Å². The van der Waals surface area contributed by atoms with Gasteiger partial charge >= 0.3 is 0 Å². The van der Waals surface area contributed by atoms with Crippen molar-refractivity contribution < 1.29 is 19.0 Å². The summed E-state index contributed by atoms with van der Waals surface area (Å²) in [7, 11) is 3.08. The lowest BCUT2D eigenvalue weighted by Crippen LogP contribution is -2.27. The van der Waals surface area contributed by atoms with Crippen molar-refractivity contribution in [2.24, 2.45) is 0 Å². The van der Waals surface area contributed by atoms with Crippen LogP contribution in [0.4, 0.5) is 0 Å². The average molecular weight is 350 g/mol. The van der Waals surface area contributed by atoms with Crippen molar-refractivity contribution in [1.82, 2.24) is 5.32 Å². The second kappa shape index (κ2) is 9.15. The van der Waals surface area contributed by atoms with Crippen molar-refractivity contribution in [3.05, 3.63) is 58.6 Å². The molecule has 0 atom stereocenters. The standard InChI is InChI=1S/C18H20ClNO4/c1-22-9-8-20-18(21)14-10-15(19)17(16(11-14)23-2)24-12-13-6-4-3-5-7-13/h3-7,10-11H,8-9,12H2,1-2H3,(H,20,21). The van der Waals surface area contributed by atoms with E-state index in [1.165, 1.54) is 7.11 Å². The molecule has 0 aliphatic heterocycles. The molecule has 6 heteroatoms. The second-order valence-corrected chi connectivity index (χ2v) is 5.42. The van der Waals surface area contributed by atoms with Crippen LogP contribution in [-0.2, 0) is 11.3 Å². The van der Waals surface area contributed by atoms with Gasteiger partial charge in [0.05, 0.1) is 18.7 Å². The van der Waals surface area contributed by atoms with Gasteiger partial charge in [-0.15, -0.1) is 0 Å². The van der Waals surface area contributed by atoms with Gasteiger partial charge in [-0.1, -0.05) is 41.9 Å². The Bertz CT molecular complexity index is 676. The van der Waals surface area contributed by atoms with Gasteiger partial charge in [-0.3, -0.25) is 4.79 Å². The van der Waals surface area contributed by atoms with Crippen molar-refractivity contribution in [2.75, 3.05) is 27.4 Å². The predicted molar refractivity (Wildman–Crippen MR) is 93.0 cm³/mol. The zero-order valence-corrected chi connectivity index (χ0v) is 14.4. The molecule has 5 nitrogen and oxygen atoms in total. The van der Waals surface area contributed by atoms with E-state index in [4.69, 9.17) is 25.8 Å². The molecule has 0 heterocycles. The summed E-state index contributed by atoms with van der Waals surface area (Å²) in [5.74, 6) is 0.577. The van der Waals surface area contributed by atoms with E-state index < -0.39 is 0 Å². The molecule has 2 aromatic rings. The Hall–Kier alpha value is -2.24. The van der Waals surface area contributed by atoms with Gasteiger partial charge in [-0.25, -0.2) is 0 Å². The van der Waals surface area contributed by atoms with Gasteiger partial charge < -0.3 is 19.5 Å². The number of carbonyl (C=O) groups excluding carboxylic acids is 1. The molecule has 128 valence electrons. The Labute approximate surface area is 146 Å². The zero-order valence-electron chi connectivity index (χ0n) is 13.7. The first kappa shape index (κ1) is 18.1. The van der Waals surface area contributed by atoms with Gasteiger partial charge in [-0.05, 0) is 17.7 Å². The predicted octanol–water partition coefficient (Wildman–Crippen LogP) is 3.30. The number of carbonyl (C=O) groups is 1. The lowest BCUT2D eigenvalue weighted by Gasteiger charge is -2.14. The molecule has 0 bridgehead atoms. The summed E-state index contributed by atoms with van der Waals surface area (Å²) in [5, 5.41) is 3.06. The lowest BCUT2D eigenvalue weighted by molar-refractivity contribution is 0.0936. The number of methoxy groups -OCH3 is 2. The Morgan fingerprint density at radius 3 is 2.58 bits per heavy atom. The number of ether oxygens (including phenoxy) is 3. The number of nitrogens with one attached hydrogen (secondary N) is 1. The number of halogens is 1. The van der Waals surface area contributed by atoms with E-state index >= 15 is 0 Å². The van der Waals surface area contributed by atoms with Crippen LogP contribution in [0.1, 0.15) is 15.9 Å². The molecule has 2 rings (SSSR count). The third-order valence-electron chi connectivity index (χ3n) is 3.31.